The topological polar surface area (TPSA) is 24.4 Å². The number of amidine groups is 1. The lowest BCUT2D eigenvalue weighted by Gasteiger charge is -2.23. The molecule has 0 saturated heterocycles. The van der Waals surface area contributed by atoms with E-state index in [9.17, 15) is 0 Å². The van der Waals surface area contributed by atoms with Crippen molar-refractivity contribution in [3.63, 3.8) is 0 Å². The average molecular weight is 321 g/mol. The molecule has 1 saturated carbocycles. The summed E-state index contributed by atoms with van der Waals surface area (Å²) in [7, 11) is 0. The van der Waals surface area contributed by atoms with Gasteiger partial charge in [-0.25, -0.2) is 0 Å². The third kappa shape index (κ3) is 4.25. The van der Waals surface area contributed by atoms with Crippen LogP contribution in [0.5, 0.6) is 0 Å². The van der Waals surface area contributed by atoms with Crippen molar-refractivity contribution >= 4 is 23.9 Å². The molecule has 1 aromatic rings. The number of nitrogens with one attached hydrogen (secondary N) is 1. The van der Waals surface area contributed by atoms with Crippen molar-refractivity contribution in [1.29, 1.82) is 0 Å². The maximum absolute atomic E-state index is 4.74. The van der Waals surface area contributed by atoms with E-state index in [1.165, 1.54) is 67.6 Å². The Hall–Kier alpha value is -1.02. The van der Waals surface area contributed by atoms with Crippen molar-refractivity contribution < 1.29 is 0 Å². The number of rotatable bonds is 2. The molecule has 1 heterocycles. The molecule has 1 aliphatic heterocycles. The third-order valence-corrected chi connectivity index (χ3v) is 4.76. The fourth-order valence-electron chi connectivity index (χ4n) is 3.69. The quantitative estimate of drug-likeness (QED) is 0.741. The number of benzene rings is 1. The van der Waals surface area contributed by atoms with Crippen LogP contribution in [0.4, 0.5) is 5.69 Å². The van der Waals surface area contributed by atoms with Crippen molar-refractivity contribution in [1.82, 2.24) is 0 Å². The van der Waals surface area contributed by atoms with Gasteiger partial charge in [-0.05, 0) is 62.6 Å². The van der Waals surface area contributed by atoms with E-state index in [-0.39, 0.29) is 12.4 Å². The first-order chi connectivity index (χ1) is 10.2. The Morgan fingerprint density at radius 1 is 1.05 bits per heavy atom. The number of aliphatic imine (C=N–C) groups is 1. The Morgan fingerprint density at radius 2 is 1.82 bits per heavy atom. The van der Waals surface area contributed by atoms with Gasteiger partial charge in [0.05, 0.1) is 0 Å². The molecule has 22 heavy (non-hydrogen) atoms. The van der Waals surface area contributed by atoms with E-state index in [1.807, 2.05) is 0 Å². The van der Waals surface area contributed by atoms with Gasteiger partial charge in [-0.15, -0.1) is 12.4 Å². The summed E-state index contributed by atoms with van der Waals surface area (Å²) in [6.45, 7) is 4.30. The van der Waals surface area contributed by atoms with Gasteiger partial charge in [-0.2, -0.15) is 0 Å². The van der Waals surface area contributed by atoms with E-state index < -0.39 is 0 Å². The Balaban J connectivity index is 0.00000176. The van der Waals surface area contributed by atoms with E-state index >= 15 is 0 Å². The molecule has 0 unspecified atom stereocenters. The first-order valence-electron chi connectivity index (χ1n) is 8.69. The normalized spacial score (nSPS) is 21.0. The predicted octanol–water partition coefficient (Wildman–Crippen LogP) is 5.71. The fourth-order valence-corrected chi connectivity index (χ4v) is 3.69. The molecule has 1 N–H and O–H groups in total. The highest BCUT2D eigenvalue weighted by atomic mass is 35.5. The monoisotopic (exact) mass is 320 g/mol. The maximum atomic E-state index is 4.74. The standard InChI is InChI=1S/C19H28N2.ClH/c1-14(2)20-19-10-6-9-16-11-12-17(13-18(16)21-19)15-7-4-3-5-8-15;/h11-15H,3-10H2,1-2H3,(H,20,21);1H. The summed E-state index contributed by atoms with van der Waals surface area (Å²) in [6, 6.07) is 7.51. The molecular formula is C19H29ClN2. The summed E-state index contributed by atoms with van der Waals surface area (Å²) in [4.78, 5) is 4.74. The largest absolute Gasteiger partial charge is 0.344 e. The highest BCUT2D eigenvalue weighted by Gasteiger charge is 2.18. The van der Waals surface area contributed by atoms with Gasteiger partial charge >= 0.3 is 0 Å². The summed E-state index contributed by atoms with van der Waals surface area (Å²) < 4.78 is 0. The van der Waals surface area contributed by atoms with E-state index in [2.05, 4.69) is 37.4 Å². The number of aryl methyl sites for hydroxylation is 1. The van der Waals surface area contributed by atoms with Gasteiger partial charge in [0.15, 0.2) is 0 Å². The molecule has 0 aromatic heterocycles. The Labute approximate surface area is 141 Å². The molecule has 1 aliphatic carbocycles. The van der Waals surface area contributed by atoms with Crippen LogP contribution in [-0.4, -0.2) is 11.9 Å². The van der Waals surface area contributed by atoms with Gasteiger partial charge in [-0.1, -0.05) is 31.4 Å². The SMILES string of the molecule is CC(C)N=C1CCCc2ccc(C3CCCCC3)cc2N1.Cl. The van der Waals surface area contributed by atoms with Crippen LogP contribution >= 0.6 is 12.4 Å². The van der Waals surface area contributed by atoms with Gasteiger partial charge in [0.25, 0.3) is 0 Å². The van der Waals surface area contributed by atoms with Gasteiger partial charge in [0.1, 0.15) is 5.84 Å². The van der Waals surface area contributed by atoms with Crippen LogP contribution < -0.4 is 5.32 Å². The molecule has 1 fully saturated rings. The maximum Gasteiger partial charge on any atom is 0.101 e. The second-order valence-corrected chi connectivity index (χ2v) is 6.90. The highest BCUT2D eigenvalue weighted by molar-refractivity contribution is 5.97. The zero-order valence-electron chi connectivity index (χ0n) is 13.9. The molecule has 3 heteroatoms. The molecule has 0 atom stereocenters. The van der Waals surface area contributed by atoms with Crippen molar-refractivity contribution in [2.75, 3.05) is 5.32 Å². The van der Waals surface area contributed by atoms with E-state index in [0.29, 0.717) is 6.04 Å². The van der Waals surface area contributed by atoms with E-state index in [4.69, 9.17) is 4.99 Å². The molecule has 0 spiro atoms. The van der Waals surface area contributed by atoms with Crippen LogP contribution in [0.2, 0.25) is 0 Å². The first-order valence-corrected chi connectivity index (χ1v) is 8.69. The number of fused-ring (bicyclic) bond motifs is 1. The Kier molecular flexibility index (Phi) is 6.31. The van der Waals surface area contributed by atoms with E-state index in [1.54, 1.807) is 0 Å². The zero-order chi connectivity index (χ0) is 14.7. The number of hydrogen-bond donors (Lipinski definition) is 1. The third-order valence-electron chi connectivity index (χ3n) is 4.76. The van der Waals surface area contributed by atoms with Crippen molar-refractivity contribution in [2.24, 2.45) is 4.99 Å². The highest BCUT2D eigenvalue weighted by Crippen LogP contribution is 2.35. The minimum Gasteiger partial charge on any atom is -0.344 e. The summed E-state index contributed by atoms with van der Waals surface area (Å²) in [5.74, 6) is 1.95. The lowest BCUT2D eigenvalue weighted by atomic mass is 9.83. The molecule has 0 radical (unpaired) electrons. The van der Waals surface area contributed by atoms with E-state index in [0.717, 1.165) is 12.3 Å². The molecule has 0 amide bonds. The molecule has 2 aliphatic rings. The molecule has 2 nitrogen and oxygen atoms in total. The van der Waals surface area contributed by atoms with Crippen LogP contribution in [0.25, 0.3) is 0 Å². The minimum absolute atomic E-state index is 0. The first kappa shape index (κ1) is 17.3. The zero-order valence-corrected chi connectivity index (χ0v) is 14.7. The minimum atomic E-state index is 0. The smallest absolute Gasteiger partial charge is 0.101 e. The summed E-state index contributed by atoms with van der Waals surface area (Å²) in [6.07, 6.45) is 10.4. The summed E-state index contributed by atoms with van der Waals surface area (Å²) in [5, 5.41) is 3.62. The van der Waals surface area contributed by atoms with Gasteiger partial charge in [0.2, 0.25) is 0 Å². The molecular weight excluding hydrogens is 292 g/mol. The second-order valence-electron chi connectivity index (χ2n) is 6.90. The van der Waals surface area contributed by atoms with Crippen LogP contribution in [0.1, 0.15) is 75.8 Å². The fraction of sp³-hybridized carbons (Fsp3) is 0.632. The van der Waals surface area contributed by atoms with Gasteiger partial charge in [0, 0.05) is 18.2 Å². The van der Waals surface area contributed by atoms with Crippen LogP contribution in [0.3, 0.4) is 0 Å². The summed E-state index contributed by atoms with van der Waals surface area (Å²) >= 11 is 0. The van der Waals surface area contributed by atoms with Crippen LogP contribution in [0, 0.1) is 0 Å². The number of anilines is 1. The lowest BCUT2D eigenvalue weighted by Crippen LogP contribution is -2.13. The van der Waals surface area contributed by atoms with Crippen LogP contribution in [0.15, 0.2) is 23.2 Å². The van der Waals surface area contributed by atoms with Crippen molar-refractivity contribution in [3.05, 3.63) is 29.3 Å². The van der Waals surface area contributed by atoms with Crippen molar-refractivity contribution in [2.45, 2.75) is 77.2 Å². The molecule has 122 valence electrons. The Bertz CT molecular complexity index is 516. The number of halogens is 1. The van der Waals surface area contributed by atoms with Gasteiger partial charge in [-0.3, -0.25) is 4.99 Å². The molecule has 1 aromatic carbocycles. The lowest BCUT2D eigenvalue weighted by molar-refractivity contribution is 0.443. The molecule has 3 rings (SSSR count). The average Bonchev–Trinajstić information content (AvgIpc) is 2.68. The van der Waals surface area contributed by atoms with Crippen LogP contribution in [-0.2, 0) is 6.42 Å². The number of hydrogen-bond acceptors (Lipinski definition) is 1. The van der Waals surface area contributed by atoms with Gasteiger partial charge < -0.3 is 5.32 Å². The van der Waals surface area contributed by atoms with Crippen molar-refractivity contribution in [3.8, 4) is 0 Å². The second kappa shape index (κ2) is 8.01. The summed E-state index contributed by atoms with van der Waals surface area (Å²) in [5.41, 5.74) is 4.31. The Morgan fingerprint density at radius 3 is 2.55 bits per heavy atom. The predicted molar refractivity (Wildman–Crippen MR) is 98.6 cm³/mol. The number of nitrogens with zero attached hydrogens (tertiary/aromatic N) is 1. The molecule has 0 bridgehead atoms.